The van der Waals surface area contributed by atoms with Crippen LogP contribution in [-0.2, 0) is 25.7 Å². The topological polar surface area (TPSA) is 0 Å². The lowest BCUT2D eigenvalue weighted by atomic mass is 10.0. The monoisotopic (exact) mass is 675 g/mol. The van der Waals surface area contributed by atoms with Crippen molar-refractivity contribution in [1.82, 2.24) is 0 Å². The van der Waals surface area contributed by atoms with Crippen molar-refractivity contribution in [3.63, 3.8) is 0 Å². The summed E-state index contributed by atoms with van der Waals surface area (Å²) in [4.78, 5) is 0. The van der Waals surface area contributed by atoms with Gasteiger partial charge in [0.2, 0.25) is 0 Å². The Hall–Kier alpha value is -3.64. The van der Waals surface area contributed by atoms with E-state index in [4.69, 9.17) is 0 Å². The Morgan fingerprint density at radius 3 is 0.740 bits per heavy atom. The molecule has 0 bridgehead atoms. The Morgan fingerprint density at radius 1 is 0.240 bits per heavy atom. The van der Waals surface area contributed by atoms with Crippen molar-refractivity contribution in [2.24, 2.45) is 0 Å². The maximum atomic E-state index is 2.27. The molecule has 0 saturated carbocycles. The molecule has 0 amide bonds. The third-order valence-corrected chi connectivity index (χ3v) is 8.07. The Labute approximate surface area is 310 Å². The summed E-state index contributed by atoms with van der Waals surface area (Å²) in [5.41, 5.74) is 7.15. The van der Waals surface area contributed by atoms with Crippen molar-refractivity contribution in [2.45, 2.75) is 146 Å². The first-order chi connectivity index (χ1) is 24.5. The van der Waals surface area contributed by atoms with Crippen LogP contribution in [0.1, 0.15) is 148 Å². The fourth-order valence-electron chi connectivity index (χ4n) is 4.53. The first kappa shape index (κ1) is 46.4. The van der Waals surface area contributed by atoms with Crippen molar-refractivity contribution < 1.29 is 0 Å². The van der Waals surface area contributed by atoms with Gasteiger partial charge in [0.1, 0.15) is 0 Å². The van der Waals surface area contributed by atoms with Crippen molar-refractivity contribution in [3.05, 3.63) is 155 Å². The standard InChI is InChI=1S/C19H24.C10H8.C9H12.3C4H10/c1-3-5-16-7-11-18(12-8-16)15-19-13-9-17(6-4-2)10-14-19;1-2-6-10-8-4-3-7-9(10)5-1;1-2-6-9-7-4-3-5-8-9;3*1-3-4-2/h7-14H,3-6,15H2,1-2H3;1-8H;3-5,7-8H,2,6H2,1H3;3*3-4H2,1-2H3. The van der Waals surface area contributed by atoms with Gasteiger partial charge in [0.15, 0.2) is 0 Å². The van der Waals surface area contributed by atoms with Gasteiger partial charge in [-0.1, -0.05) is 247 Å². The number of aryl methyl sites for hydroxylation is 3. The van der Waals surface area contributed by atoms with Crippen LogP contribution in [0.3, 0.4) is 0 Å². The normalized spacial score (nSPS) is 9.54. The highest BCUT2D eigenvalue weighted by Crippen LogP contribution is 2.14. The van der Waals surface area contributed by atoms with E-state index in [9.17, 15) is 0 Å². The molecule has 0 aliphatic heterocycles. The highest BCUT2D eigenvalue weighted by molar-refractivity contribution is 5.82. The average Bonchev–Trinajstić information content (AvgIpc) is 3.18. The molecule has 274 valence electrons. The molecule has 5 rings (SSSR count). The van der Waals surface area contributed by atoms with Crippen molar-refractivity contribution in [2.75, 3.05) is 0 Å². The maximum absolute atomic E-state index is 2.27. The van der Waals surface area contributed by atoms with E-state index in [-0.39, 0.29) is 0 Å². The molecule has 0 radical (unpaired) electrons. The van der Waals surface area contributed by atoms with Crippen LogP contribution in [0.25, 0.3) is 10.8 Å². The van der Waals surface area contributed by atoms with Crippen LogP contribution in [-0.4, -0.2) is 0 Å². The van der Waals surface area contributed by atoms with Crippen LogP contribution < -0.4 is 0 Å². The number of rotatable bonds is 11. The molecular formula is C50H74. The molecule has 0 atom stereocenters. The predicted molar refractivity (Wildman–Crippen MR) is 230 cm³/mol. The first-order valence-corrected chi connectivity index (χ1v) is 20.1. The second-order valence-corrected chi connectivity index (χ2v) is 12.9. The number of hydrogen-bond acceptors (Lipinski definition) is 0. The Bertz CT molecular complexity index is 1250. The van der Waals surface area contributed by atoms with Gasteiger partial charge < -0.3 is 0 Å². The van der Waals surface area contributed by atoms with Crippen LogP contribution in [0.2, 0.25) is 0 Å². The third kappa shape index (κ3) is 24.5. The molecule has 50 heavy (non-hydrogen) atoms. The molecule has 0 aliphatic rings. The van der Waals surface area contributed by atoms with E-state index in [1.54, 1.807) is 0 Å². The smallest absolute Gasteiger partial charge is 0.00258 e. The van der Waals surface area contributed by atoms with Gasteiger partial charge in [-0.25, -0.2) is 0 Å². The average molecular weight is 675 g/mol. The van der Waals surface area contributed by atoms with E-state index in [2.05, 4.69) is 190 Å². The zero-order valence-corrected chi connectivity index (χ0v) is 33.8. The zero-order valence-electron chi connectivity index (χ0n) is 33.8. The molecule has 0 unspecified atom stereocenters. The van der Waals surface area contributed by atoms with Gasteiger partial charge >= 0.3 is 0 Å². The fraction of sp³-hybridized carbons (Fsp3) is 0.440. The maximum Gasteiger partial charge on any atom is -0.00258 e. The molecule has 0 aliphatic carbocycles. The first-order valence-electron chi connectivity index (χ1n) is 20.1. The van der Waals surface area contributed by atoms with E-state index < -0.39 is 0 Å². The molecular weight excluding hydrogens is 601 g/mol. The lowest BCUT2D eigenvalue weighted by molar-refractivity contribution is 0.886. The van der Waals surface area contributed by atoms with Crippen LogP contribution in [0, 0.1) is 0 Å². The van der Waals surface area contributed by atoms with Crippen LogP contribution in [0.4, 0.5) is 0 Å². The highest BCUT2D eigenvalue weighted by Gasteiger charge is 1.98. The number of hydrogen-bond donors (Lipinski definition) is 0. The quantitative estimate of drug-likeness (QED) is 0.131. The second kappa shape index (κ2) is 33.8. The summed E-state index contributed by atoms with van der Waals surface area (Å²) in [6, 6.07) is 45.4. The lowest BCUT2D eigenvalue weighted by Gasteiger charge is -2.05. The number of unbranched alkanes of at least 4 members (excludes halogenated alkanes) is 3. The van der Waals surface area contributed by atoms with E-state index in [0.29, 0.717) is 0 Å². The second-order valence-electron chi connectivity index (χ2n) is 12.9. The minimum absolute atomic E-state index is 1.04. The summed E-state index contributed by atoms with van der Waals surface area (Å²) in [5, 5.41) is 2.62. The minimum Gasteiger partial charge on any atom is -0.0654 e. The van der Waals surface area contributed by atoms with Gasteiger partial charge in [-0.3, -0.25) is 0 Å². The molecule has 0 fully saturated rings. The van der Waals surface area contributed by atoms with Gasteiger partial charge in [0, 0.05) is 0 Å². The molecule has 0 heterocycles. The van der Waals surface area contributed by atoms with Gasteiger partial charge in [-0.05, 0) is 64.3 Å². The molecule has 0 aromatic heterocycles. The van der Waals surface area contributed by atoms with E-state index in [0.717, 1.165) is 6.42 Å². The highest BCUT2D eigenvalue weighted by atomic mass is 14.0. The number of fused-ring (bicyclic) bond motifs is 1. The molecule has 0 nitrogen and oxygen atoms in total. The van der Waals surface area contributed by atoms with Crippen molar-refractivity contribution in [1.29, 1.82) is 0 Å². The lowest BCUT2D eigenvalue weighted by Crippen LogP contribution is -1.91. The minimum atomic E-state index is 1.04. The molecule has 5 aromatic carbocycles. The molecule has 0 heteroatoms. The van der Waals surface area contributed by atoms with E-state index in [1.165, 1.54) is 116 Å². The summed E-state index contributed by atoms with van der Waals surface area (Å²) < 4.78 is 0. The van der Waals surface area contributed by atoms with Crippen LogP contribution in [0.15, 0.2) is 127 Å². The molecule has 0 N–H and O–H groups in total. The summed E-state index contributed by atoms with van der Waals surface area (Å²) in [6.45, 7) is 19.7. The molecule has 0 spiro atoms. The summed E-state index contributed by atoms with van der Waals surface area (Å²) in [6.07, 6.45) is 16.2. The van der Waals surface area contributed by atoms with Gasteiger partial charge in [-0.2, -0.15) is 0 Å². The van der Waals surface area contributed by atoms with Gasteiger partial charge in [0.25, 0.3) is 0 Å². The van der Waals surface area contributed by atoms with Crippen molar-refractivity contribution in [3.8, 4) is 0 Å². The van der Waals surface area contributed by atoms with E-state index in [1.807, 2.05) is 0 Å². The fourth-order valence-corrected chi connectivity index (χ4v) is 4.53. The third-order valence-electron chi connectivity index (χ3n) is 8.07. The Morgan fingerprint density at radius 2 is 0.480 bits per heavy atom. The largest absolute Gasteiger partial charge is 0.0654 e. The summed E-state index contributed by atoms with van der Waals surface area (Å²) in [5.74, 6) is 0. The predicted octanol–water partition coefficient (Wildman–Crippen LogP) is 16.1. The molecule has 5 aromatic rings. The number of benzene rings is 5. The SMILES string of the molecule is CCCC.CCCC.CCCC.CCCc1ccc(Cc2ccc(CCC)cc2)cc1.CCCc1ccccc1.c1ccc2ccccc2c1. The summed E-state index contributed by atoms with van der Waals surface area (Å²) in [7, 11) is 0. The zero-order chi connectivity index (χ0) is 37.1. The van der Waals surface area contributed by atoms with Crippen LogP contribution >= 0.6 is 0 Å². The van der Waals surface area contributed by atoms with E-state index >= 15 is 0 Å². The van der Waals surface area contributed by atoms with Gasteiger partial charge in [0.05, 0.1) is 0 Å². The Balaban J connectivity index is 0.000000654. The van der Waals surface area contributed by atoms with Crippen LogP contribution in [0.5, 0.6) is 0 Å². The summed E-state index contributed by atoms with van der Waals surface area (Å²) >= 11 is 0. The van der Waals surface area contributed by atoms with Gasteiger partial charge in [-0.15, -0.1) is 0 Å². The Kier molecular flexibility index (Phi) is 31.4. The van der Waals surface area contributed by atoms with Crippen molar-refractivity contribution >= 4 is 10.8 Å². The molecule has 0 saturated heterocycles.